The van der Waals surface area contributed by atoms with Crippen LogP contribution in [-0.2, 0) is 20.7 Å². The molecule has 5 aliphatic heterocycles. The average Bonchev–Trinajstić information content (AvgIpc) is 4.13. The molecule has 1 spiro atoms. The lowest BCUT2D eigenvalue weighted by molar-refractivity contribution is -0.136. The number of aromatic nitrogens is 5. The van der Waals surface area contributed by atoms with Gasteiger partial charge in [-0.3, -0.25) is 38.9 Å². The molecule has 3 aromatic heterocycles. The molecule has 336 valence electrons. The monoisotopic (exact) mass is 878 g/mol. The Bertz CT molecular complexity index is 2540. The van der Waals surface area contributed by atoms with E-state index < -0.39 is 47.7 Å². The van der Waals surface area contributed by atoms with Gasteiger partial charge < -0.3 is 19.9 Å². The van der Waals surface area contributed by atoms with Gasteiger partial charge in [-0.15, -0.1) is 0 Å². The van der Waals surface area contributed by atoms with Crippen molar-refractivity contribution in [3.63, 3.8) is 0 Å². The summed E-state index contributed by atoms with van der Waals surface area (Å²) in [6.07, 6.45) is 13.5. The third-order valence-corrected chi connectivity index (χ3v) is 15.4. The second-order valence-electron chi connectivity index (χ2n) is 19.4. The van der Waals surface area contributed by atoms with Crippen LogP contribution in [0.1, 0.15) is 132 Å². The van der Waals surface area contributed by atoms with Crippen molar-refractivity contribution in [3.8, 4) is 0 Å². The molecule has 1 aromatic carbocycles. The molecule has 0 radical (unpaired) electrons. The Balaban J connectivity index is 0.635. The summed E-state index contributed by atoms with van der Waals surface area (Å²) in [5.41, 5.74) is 2.18. The molecule has 64 heavy (non-hydrogen) atoms. The van der Waals surface area contributed by atoms with Crippen LogP contribution in [0.5, 0.6) is 0 Å². The molecule has 3 atom stereocenters. The van der Waals surface area contributed by atoms with Crippen molar-refractivity contribution in [1.29, 1.82) is 0 Å². The maximum atomic E-state index is 14.3. The number of morpholine rings is 1. The number of rotatable bonds is 11. The van der Waals surface area contributed by atoms with E-state index in [1.807, 2.05) is 12.1 Å². The SMILES string of the molecule is O=C1CCC(N2C(=O)c3ccc(CCC4CC5(CCN(CC6CCC(n7cc(NC(=O)c8cnn9ccc(N%10C[C@H]%11C[C@@H]%10CO%11)nc89)c(C(F)F)n7)CC6)CC5)C4)cc3C2=O)C(=O)N1. The normalized spacial score (nSPS) is 27.0. The number of amides is 5. The smallest absolute Gasteiger partial charge is 0.284 e. The van der Waals surface area contributed by atoms with Gasteiger partial charge in [0, 0.05) is 31.9 Å². The van der Waals surface area contributed by atoms with Crippen LogP contribution in [0.3, 0.4) is 0 Å². The number of nitrogens with one attached hydrogen (secondary N) is 2. The van der Waals surface area contributed by atoms with Crippen LogP contribution in [0.25, 0.3) is 5.65 Å². The van der Waals surface area contributed by atoms with Gasteiger partial charge in [-0.25, -0.2) is 18.3 Å². The van der Waals surface area contributed by atoms with Crippen molar-refractivity contribution in [1.82, 2.24) is 39.5 Å². The minimum absolute atomic E-state index is 0.00427. The second-order valence-corrected chi connectivity index (χ2v) is 19.4. The van der Waals surface area contributed by atoms with Crippen LogP contribution in [-0.4, -0.2) is 115 Å². The standard InChI is InChI=1S/C46H52F2N10O6/c47-40(48)39-35(50-42(60)34-21-49-56-14-11-37(51-41(34)56)55-23-31-18-30(55)25-64-31)24-57(53-39)29-6-3-27(4-7-29)22-54-15-12-46(13-16-54)19-28(20-46)2-1-26-5-8-32-33(17-26)45(63)58(44(32)62)36-9-10-38(59)52-43(36)61/h5,8,11,14,17,21,24,27-31,36,40H,1-4,6-7,9-10,12-13,15-16,18-20,22-23,25H2,(H,50,60)(H,52,59,61)/t27?,29?,30-,31-,36?/m1/s1. The van der Waals surface area contributed by atoms with Crippen molar-refractivity contribution in [2.45, 2.75) is 114 Å². The highest BCUT2D eigenvalue weighted by Gasteiger charge is 2.47. The van der Waals surface area contributed by atoms with Crippen molar-refractivity contribution < 1.29 is 37.5 Å². The highest BCUT2D eigenvalue weighted by atomic mass is 19.3. The van der Waals surface area contributed by atoms with Crippen LogP contribution in [0, 0.1) is 17.3 Å². The van der Waals surface area contributed by atoms with Gasteiger partial charge in [0.2, 0.25) is 11.8 Å². The summed E-state index contributed by atoms with van der Waals surface area (Å²) in [7, 11) is 0. The molecule has 7 aliphatic rings. The van der Waals surface area contributed by atoms with Gasteiger partial charge in [0.25, 0.3) is 24.1 Å². The lowest BCUT2D eigenvalue weighted by Gasteiger charge is -2.53. The number of benzene rings is 1. The highest BCUT2D eigenvalue weighted by molar-refractivity contribution is 6.23. The molecular formula is C46H52F2N10O6. The number of aryl methyl sites for hydroxylation is 1. The molecule has 4 aromatic rings. The summed E-state index contributed by atoms with van der Waals surface area (Å²) in [6, 6.07) is 6.54. The lowest BCUT2D eigenvalue weighted by Crippen LogP contribution is -2.54. The molecule has 18 heteroatoms. The zero-order valence-electron chi connectivity index (χ0n) is 35.6. The Morgan fingerprint density at radius 1 is 0.969 bits per heavy atom. The second kappa shape index (κ2) is 16.1. The van der Waals surface area contributed by atoms with Crippen molar-refractivity contribution in [2.24, 2.45) is 17.3 Å². The minimum atomic E-state index is -2.85. The number of likely N-dealkylation sites (tertiary alicyclic amines) is 1. The predicted molar refractivity (Wildman–Crippen MR) is 227 cm³/mol. The third-order valence-electron chi connectivity index (χ3n) is 15.4. The molecule has 2 bridgehead atoms. The molecule has 2 aliphatic carbocycles. The summed E-state index contributed by atoms with van der Waals surface area (Å²) in [5.74, 6) is -0.615. The van der Waals surface area contributed by atoms with Gasteiger partial charge in [-0.1, -0.05) is 6.07 Å². The van der Waals surface area contributed by atoms with E-state index in [2.05, 4.69) is 30.6 Å². The van der Waals surface area contributed by atoms with E-state index in [4.69, 9.17) is 9.72 Å². The average molecular weight is 879 g/mol. The molecule has 11 rings (SSSR count). The number of imide groups is 2. The fourth-order valence-electron chi connectivity index (χ4n) is 11.9. The van der Waals surface area contributed by atoms with E-state index in [0.717, 1.165) is 87.4 Å². The topological polar surface area (TPSA) is 176 Å². The number of ether oxygens (including phenoxy) is 1. The quantitative estimate of drug-likeness (QED) is 0.186. The number of piperidine rings is 2. The van der Waals surface area contributed by atoms with Gasteiger partial charge in [0.05, 0.1) is 47.8 Å². The minimum Gasteiger partial charge on any atom is -0.374 e. The van der Waals surface area contributed by atoms with E-state index in [0.29, 0.717) is 40.6 Å². The molecule has 2 saturated carbocycles. The first-order valence-electron chi connectivity index (χ1n) is 23.0. The van der Waals surface area contributed by atoms with Crippen LogP contribution < -0.4 is 15.5 Å². The first-order valence-corrected chi connectivity index (χ1v) is 23.0. The van der Waals surface area contributed by atoms with Crippen LogP contribution >= 0.6 is 0 Å². The number of carbonyl (C=O) groups excluding carboxylic acids is 5. The largest absolute Gasteiger partial charge is 0.374 e. The highest BCUT2D eigenvalue weighted by Crippen LogP contribution is 2.54. The molecular weight excluding hydrogens is 827 g/mol. The Morgan fingerprint density at radius 3 is 2.50 bits per heavy atom. The number of anilines is 2. The summed E-state index contributed by atoms with van der Waals surface area (Å²) < 4.78 is 37.5. The van der Waals surface area contributed by atoms with E-state index in [-0.39, 0.29) is 42.3 Å². The van der Waals surface area contributed by atoms with Gasteiger partial charge in [-0.05, 0) is 131 Å². The van der Waals surface area contributed by atoms with Gasteiger partial charge in [-0.2, -0.15) is 10.2 Å². The van der Waals surface area contributed by atoms with E-state index in [9.17, 15) is 32.8 Å². The number of carbonyl (C=O) groups is 5. The fourth-order valence-corrected chi connectivity index (χ4v) is 11.9. The van der Waals surface area contributed by atoms with Crippen molar-refractivity contribution in [3.05, 3.63) is 70.8 Å². The number of alkyl halides is 2. The molecule has 5 amide bonds. The van der Waals surface area contributed by atoms with Gasteiger partial charge in [0.1, 0.15) is 17.4 Å². The lowest BCUT2D eigenvalue weighted by atomic mass is 9.56. The molecule has 1 unspecified atom stereocenters. The zero-order chi connectivity index (χ0) is 43.9. The van der Waals surface area contributed by atoms with Crippen LogP contribution in [0.2, 0.25) is 0 Å². The van der Waals surface area contributed by atoms with Gasteiger partial charge in [0.15, 0.2) is 11.3 Å². The Labute approximate surface area is 368 Å². The molecule has 8 heterocycles. The third kappa shape index (κ3) is 7.45. The predicted octanol–water partition coefficient (Wildman–Crippen LogP) is 5.35. The summed E-state index contributed by atoms with van der Waals surface area (Å²) in [5, 5.41) is 13.5. The molecule has 6 fully saturated rings. The maximum Gasteiger partial charge on any atom is 0.284 e. The number of fused-ring (bicyclic) bond motifs is 4. The van der Waals surface area contributed by atoms with E-state index in [1.165, 1.54) is 36.4 Å². The van der Waals surface area contributed by atoms with Crippen molar-refractivity contribution >= 4 is 46.7 Å². The molecule has 2 N–H and O–H groups in total. The first kappa shape index (κ1) is 41.1. The maximum absolute atomic E-state index is 14.3. The van der Waals surface area contributed by atoms with Crippen LogP contribution in [0.15, 0.2) is 42.9 Å². The number of halogens is 2. The van der Waals surface area contributed by atoms with Crippen molar-refractivity contribution in [2.75, 3.05) is 43.0 Å². The number of nitrogens with zero attached hydrogens (tertiary/aromatic N) is 8. The Kier molecular flexibility index (Phi) is 10.4. The van der Waals surface area contributed by atoms with E-state index in [1.54, 1.807) is 29.2 Å². The zero-order valence-corrected chi connectivity index (χ0v) is 35.6. The fraction of sp³-hybridized carbons (Fsp3) is 0.565. The summed E-state index contributed by atoms with van der Waals surface area (Å²) in [4.78, 5) is 74.5. The van der Waals surface area contributed by atoms with E-state index >= 15 is 0 Å². The number of hydrogen-bond donors (Lipinski definition) is 2. The Morgan fingerprint density at radius 2 is 1.77 bits per heavy atom. The van der Waals surface area contributed by atoms with Gasteiger partial charge >= 0.3 is 0 Å². The summed E-state index contributed by atoms with van der Waals surface area (Å²) in [6.45, 7) is 4.58. The number of hydrogen-bond acceptors (Lipinski definition) is 11. The first-order chi connectivity index (χ1) is 31.0. The summed E-state index contributed by atoms with van der Waals surface area (Å²) >= 11 is 0. The molecule has 16 nitrogen and oxygen atoms in total. The Hall–Kier alpha value is -5.62. The molecule has 4 saturated heterocycles. The van der Waals surface area contributed by atoms with Crippen LogP contribution in [0.4, 0.5) is 20.3 Å².